The van der Waals surface area contributed by atoms with Crippen molar-refractivity contribution in [3.05, 3.63) is 60.2 Å². The van der Waals surface area contributed by atoms with Crippen LogP contribution in [0.25, 0.3) is 0 Å². The zero-order chi connectivity index (χ0) is 14.7. The van der Waals surface area contributed by atoms with Crippen molar-refractivity contribution >= 4 is 15.7 Å². The van der Waals surface area contributed by atoms with Crippen molar-refractivity contribution in [2.24, 2.45) is 0 Å². The summed E-state index contributed by atoms with van der Waals surface area (Å²) in [6.45, 7) is 1.15. The van der Waals surface area contributed by atoms with Gasteiger partial charge in [0.25, 0.3) is 10.0 Å². The Morgan fingerprint density at radius 3 is 2.14 bits per heavy atom. The first kappa shape index (κ1) is 14.1. The molecule has 1 aliphatic heterocycles. The van der Waals surface area contributed by atoms with Gasteiger partial charge in [0.15, 0.2) is 6.29 Å². The minimum atomic E-state index is -3.56. The van der Waals surface area contributed by atoms with E-state index in [-0.39, 0.29) is 11.2 Å². The van der Waals surface area contributed by atoms with Crippen molar-refractivity contribution < 1.29 is 17.9 Å². The molecule has 110 valence electrons. The molecule has 1 fully saturated rings. The van der Waals surface area contributed by atoms with Gasteiger partial charge in [0.05, 0.1) is 18.1 Å². The van der Waals surface area contributed by atoms with Crippen molar-refractivity contribution in [3.8, 4) is 0 Å². The number of sulfonamides is 1. The topological polar surface area (TPSA) is 64.6 Å². The van der Waals surface area contributed by atoms with E-state index in [1.165, 1.54) is 0 Å². The molecule has 2 aromatic carbocycles. The Balaban J connectivity index is 1.76. The Hall–Kier alpha value is -1.89. The largest absolute Gasteiger partial charge is 0.346 e. The summed E-state index contributed by atoms with van der Waals surface area (Å²) >= 11 is 0. The fourth-order valence-corrected chi connectivity index (χ4v) is 3.15. The molecule has 1 N–H and O–H groups in total. The third-order valence-electron chi connectivity index (χ3n) is 3.11. The van der Waals surface area contributed by atoms with Gasteiger partial charge in [-0.1, -0.05) is 30.3 Å². The van der Waals surface area contributed by atoms with Gasteiger partial charge in [0, 0.05) is 11.3 Å². The number of nitrogens with one attached hydrogen (secondary N) is 1. The highest BCUT2D eigenvalue weighted by atomic mass is 32.2. The van der Waals surface area contributed by atoms with E-state index >= 15 is 0 Å². The molecule has 1 heterocycles. The Morgan fingerprint density at radius 2 is 1.52 bits per heavy atom. The van der Waals surface area contributed by atoms with E-state index in [4.69, 9.17) is 9.47 Å². The lowest BCUT2D eigenvalue weighted by atomic mass is 10.2. The number of anilines is 1. The van der Waals surface area contributed by atoms with E-state index in [1.54, 1.807) is 54.6 Å². The van der Waals surface area contributed by atoms with E-state index in [2.05, 4.69) is 4.72 Å². The van der Waals surface area contributed by atoms with Crippen LogP contribution in [0.2, 0.25) is 0 Å². The zero-order valence-corrected chi connectivity index (χ0v) is 12.0. The first-order chi connectivity index (χ1) is 10.1. The summed E-state index contributed by atoms with van der Waals surface area (Å²) in [6.07, 6.45) is -0.357. The molecule has 0 atom stereocenters. The van der Waals surface area contributed by atoms with Crippen LogP contribution in [0.1, 0.15) is 11.9 Å². The molecule has 0 amide bonds. The summed E-state index contributed by atoms with van der Waals surface area (Å²) in [4.78, 5) is 0.233. The fourth-order valence-electron chi connectivity index (χ4n) is 2.07. The summed E-state index contributed by atoms with van der Waals surface area (Å²) in [5.41, 5.74) is 1.37. The second kappa shape index (κ2) is 5.85. The first-order valence-electron chi connectivity index (χ1n) is 6.56. The number of hydrogen-bond donors (Lipinski definition) is 1. The summed E-state index contributed by atoms with van der Waals surface area (Å²) in [5, 5.41) is 0. The summed E-state index contributed by atoms with van der Waals surface area (Å²) in [5.74, 6) is 0. The number of rotatable bonds is 4. The molecule has 1 aliphatic rings. The van der Waals surface area contributed by atoms with Gasteiger partial charge in [-0.25, -0.2) is 8.42 Å². The summed E-state index contributed by atoms with van der Waals surface area (Å²) < 4.78 is 37.7. The maximum atomic E-state index is 12.2. The predicted octanol–water partition coefficient (Wildman–Crippen LogP) is 2.53. The van der Waals surface area contributed by atoms with Gasteiger partial charge in [-0.3, -0.25) is 4.72 Å². The van der Waals surface area contributed by atoms with Crippen LogP contribution in [0.15, 0.2) is 59.5 Å². The van der Waals surface area contributed by atoms with E-state index in [0.717, 1.165) is 5.56 Å². The Labute approximate surface area is 123 Å². The van der Waals surface area contributed by atoms with Gasteiger partial charge in [-0.2, -0.15) is 0 Å². The highest BCUT2D eigenvalue weighted by molar-refractivity contribution is 7.92. The second-order valence-corrected chi connectivity index (χ2v) is 6.30. The molecule has 6 heteroatoms. The SMILES string of the molecule is O=S(=O)(Nc1ccc(C2OCCO2)cc1)c1ccccc1. The first-order valence-corrected chi connectivity index (χ1v) is 8.04. The average molecular weight is 305 g/mol. The van der Waals surface area contributed by atoms with Crippen molar-refractivity contribution in [1.29, 1.82) is 0 Å². The number of benzene rings is 2. The van der Waals surface area contributed by atoms with Crippen LogP contribution < -0.4 is 4.72 Å². The number of ether oxygens (including phenoxy) is 2. The molecule has 3 rings (SSSR count). The van der Waals surface area contributed by atoms with Crippen molar-refractivity contribution in [2.75, 3.05) is 17.9 Å². The molecule has 21 heavy (non-hydrogen) atoms. The second-order valence-electron chi connectivity index (χ2n) is 4.61. The lowest BCUT2D eigenvalue weighted by molar-refractivity contribution is -0.0441. The minimum Gasteiger partial charge on any atom is -0.346 e. The number of hydrogen-bond acceptors (Lipinski definition) is 4. The van der Waals surface area contributed by atoms with E-state index in [9.17, 15) is 8.42 Å². The molecule has 1 saturated heterocycles. The Bertz CT molecular complexity index is 692. The van der Waals surface area contributed by atoms with Crippen LogP contribution in [0, 0.1) is 0 Å². The molecular formula is C15H15NO4S. The molecular weight excluding hydrogens is 290 g/mol. The van der Waals surface area contributed by atoms with Crippen molar-refractivity contribution in [1.82, 2.24) is 0 Å². The molecule has 0 radical (unpaired) electrons. The maximum absolute atomic E-state index is 12.2. The van der Waals surface area contributed by atoms with Gasteiger partial charge in [0.2, 0.25) is 0 Å². The smallest absolute Gasteiger partial charge is 0.261 e. The van der Waals surface area contributed by atoms with Gasteiger partial charge in [0.1, 0.15) is 0 Å². The highest BCUT2D eigenvalue weighted by Crippen LogP contribution is 2.25. The van der Waals surface area contributed by atoms with Gasteiger partial charge in [-0.05, 0) is 24.3 Å². The van der Waals surface area contributed by atoms with Crippen LogP contribution in [0.3, 0.4) is 0 Å². The van der Waals surface area contributed by atoms with E-state index in [1.807, 2.05) is 0 Å². The molecule has 0 spiro atoms. The quantitative estimate of drug-likeness (QED) is 0.942. The molecule has 0 aliphatic carbocycles. The van der Waals surface area contributed by atoms with Crippen molar-refractivity contribution in [2.45, 2.75) is 11.2 Å². The normalized spacial score (nSPS) is 16.0. The molecule has 0 saturated carbocycles. The third kappa shape index (κ3) is 3.24. The van der Waals surface area contributed by atoms with Gasteiger partial charge in [-0.15, -0.1) is 0 Å². The summed E-state index contributed by atoms with van der Waals surface area (Å²) in [7, 11) is -3.56. The summed E-state index contributed by atoms with van der Waals surface area (Å²) in [6, 6.07) is 15.2. The van der Waals surface area contributed by atoms with Crippen LogP contribution in [-0.2, 0) is 19.5 Å². The monoisotopic (exact) mass is 305 g/mol. The van der Waals surface area contributed by atoms with Gasteiger partial charge >= 0.3 is 0 Å². The minimum absolute atomic E-state index is 0.233. The molecule has 0 unspecified atom stereocenters. The van der Waals surface area contributed by atoms with Crippen LogP contribution in [-0.4, -0.2) is 21.6 Å². The van der Waals surface area contributed by atoms with Gasteiger partial charge < -0.3 is 9.47 Å². The van der Waals surface area contributed by atoms with Crippen LogP contribution in [0.4, 0.5) is 5.69 Å². The third-order valence-corrected chi connectivity index (χ3v) is 4.51. The highest BCUT2D eigenvalue weighted by Gasteiger charge is 2.18. The molecule has 0 bridgehead atoms. The molecule has 5 nitrogen and oxygen atoms in total. The Kier molecular flexibility index (Phi) is 3.92. The van der Waals surface area contributed by atoms with E-state index in [0.29, 0.717) is 18.9 Å². The van der Waals surface area contributed by atoms with Crippen molar-refractivity contribution in [3.63, 3.8) is 0 Å². The predicted molar refractivity (Wildman–Crippen MR) is 78.3 cm³/mol. The molecule has 0 aromatic heterocycles. The zero-order valence-electron chi connectivity index (χ0n) is 11.2. The fraction of sp³-hybridized carbons (Fsp3) is 0.200. The molecule has 2 aromatic rings. The lowest BCUT2D eigenvalue weighted by Gasteiger charge is -2.11. The Morgan fingerprint density at radius 1 is 0.905 bits per heavy atom. The maximum Gasteiger partial charge on any atom is 0.261 e. The lowest BCUT2D eigenvalue weighted by Crippen LogP contribution is -2.12. The van der Waals surface area contributed by atoms with E-state index < -0.39 is 10.0 Å². The van der Waals surface area contributed by atoms with Crippen LogP contribution in [0.5, 0.6) is 0 Å². The van der Waals surface area contributed by atoms with Crippen LogP contribution >= 0.6 is 0 Å². The average Bonchev–Trinajstić information content (AvgIpc) is 3.03. The standard InChI is InChI=1S/C15H15NO4S/c17-21(18,14-4-2-1-3-5-14)16-13-8-6-12(7-9-13)15-19-10-11-20-15/h1-9,15-16H,10-11H2.